The molecular formula is C9H18NO+. The van der Waals surface area contributed by atoms with Gasteiger partial charge >= 0.3 is 0 Å². The molecule has 3 atom stereocenters. The molecule has 0 radical (unpaired) electrons. The molecule has 0 unspecified atom stereocenters. The molecule has 64 valence electrons. The molecule has 1 saturated heterocycles. The van der Waals surface area contributed by atoms with Gasteiger partial charge in [-0.3, -0.25) is 0 Å². The van der Waals surface area contributed by atoms with Crippen molar-refractivity contribution in [3.8, 4) is 0 Å². The van der Waals surface area contributed by atoms with Gasteiger partial charge in [0.25, 0.3) is 0 Å². The van der Waals surface area contributed by atoms with E-state index in [2.05, 4.69) is 21.1 Å². The Labute approximate surface area is 68.7 Å². The number of hydrogen-bond donors (Lipinski definition) is 0. The third-order valence-electron chi connectivity index (χ3n) is 2.98. The van der Waals surface area contributed by atoms with E-state index < -0.39 is 0 Å². The Kier molecular flexibility index (Phi) is 1.52. The van der Waals surface area contributed by atoms with Gasteiger partial charge in [0.1, 0.15) is 12.1 Å². The predicted octanol–water partition coefficient (Wildman–Crippen LogP) is 1.01. The van der Waals surface area contributed by atoms with Crippen molar-refractivity contribution in [1.82, 2.24) is 0 Å². The fourth-order valence-corrected chi connectivity index (χ4v) is 2.25. The van der Waals surface area contributed by atoms with Crippen molar-refractivity contribution in [2.45, 2.75) is 37.5 Å². The highest BCUT2D eigenvalue weighted by molar-refractivity contribution is 4.95. The van der Waals surface area contributed by atoms with Gasteiger partial charge in [-0.2, -0.15) is 0 Å². The van der Waals surface area contributed by atoms with Crippen molar-refractivity contribution in [2.24, 2.45) is 0 Å². The molecule has 2 nitrogen and oxygen atoms in total. The van der Waals surface area contributed by atoms with Gasteiger partial charge in [-0.05, 0) is 12.8 Å². The highest BCUT2D eigenvalue weighted by atomic mass is 16.6. The van der Waals surface area contributed by atoms with Gasteiger partial charge in [0, 0.05) is 6.42 Å². The minimum atomic E-state index is 0.601. The third-order valence-corrected chi connectivity index (χ3v) is 2.98. The molecule has 2 rings (SSSR count). The van der Waals surface area contributed by atoms with E-state index in [9.17, 15) is 0 Å². The van der Waals surface area contributed by atoms with Gasteiger partial charge in [0.05, 0.1) is 27.2 Å². The lowest BCUT2D eigenvalue weighted by Crippen LogP contribution is -2.49. The van der Waals surface area contributed by atoms with Crippen LogP contribution in [0.1, 0.15) is 19.3 Å². The van der Waals surface area contributed by atoms with Gasteiger partial charge in [-0.25, -0.2) is 0 Å². The first-order chi connectivity index (χ1) is 5.09. The molecule has 1 heterocycles. The predicted molar refractivity (Wildman–Crippen MR) is 44.3 cm³/mol. The summed E-state index contributed by atoms with van der Waals surface area (Å²) < 4.78 is 6.67. The molecule has 11 heavy (non-hydrogen) atoms. The van der Waals surface area contributed by atoms with E-state index >= 15 is 0 Å². The van der Waals surface area contributed by atoms with Crippen molar-refractivity contribution in [1.29, 1.82) is 0 Å². The zero-order valence-corrected chi connectivity index (χ0v) is 7.71. The second-order valence-corrected chi connectivity index (χ2v) is 4.75. The lowest BCUT2D eigenvalue weighted by Gasteiger charge is -2.34. The summed E-state index contributed by atoms with van der Waals surface area (Å²) in [4.78, 5) is 0. The average Bonchev–Trinajstić information content (AvgIpc) is 2.60. The van der Waals surface area contributed by atoms with Crippen LogP contribution in [0.4, 0.5) is 0 Å². The smallest absolute Gasteiger partial charge is 0.136 e. The molecule has 0 bridgehead atoms. The van der Waals surface area contributed by atoms with E-state index in [1.165, 1.54) is 19.3 Å². The SMILES string of the molecule is C[N+](C)(C)[C@@H]1CCC[C@H]2O[C@@H]12. The Balaban J connectivity index is 2.03. The number of epoxide rings is 1. The van der Waals surface area contributed by atoms with E-state index in [0.717, 1.165) is 10.5 Å². The summed E-state index contributed by atoms with van der Waals surface area (Å²) in [5, 5.41) is 0. The quantitative estimate of drug-likeness (QED) is 0.408. The summed E-state index contributed by atoms with van der Waals surface area (Å²) in [5.74, 6) is 0. The first kappa shape index (κ1) is 7.56. The second-order valence-electron chi connectivity index (χ2n) is 4.75. The molecule has 1 aliphatic heterocycles. The summed E-state index contributed by atoms with van der Waals surface area (Å²) in [5.41, 5.74) is 0. The van der Waals surface area contributed by atoms with Crippen LogP contribution in [0.2, 0.25) is 0 Å². The Morgan fingerprint density at radius 2 is 1.91 bits per heavy atom. The van der Waals surface area contributed by atoms with Gasteiger partial charge in [-0.1, -0.05) is 0 Å². The summed E-state index contributed by atoms with van der Waals surface area (Å²) in [7, 11) is 6.82. The van der Waals surface area contributed by atoms with Crippen LogP contribution < -0.4 is 0 Å². The van der Waals surface area contributed by atoms with Crippen molar-refractivity contribution < 1.29 is 9.22 Å². The summed E-state index contributed by atoms with van der Waals surface area (Å²) in [6, 6.07) is 0.758. The van der Waals surface area contributed by atoms with E-state index in [4.69, 9.17) is 4.74 Å². The number of nitrogens with zero attached hydrogens (tertiary/aromatic N) is 1. The lowest BCUT2D eigenvalue weighted by atomic mass is 9.94. The van der Waals surface area contributed by atoms with Crippen LogP contribution in [0, 0.1) is 0 Å². The molecule has 0 aromatic rings. The molecular weight excluding hydrogens is 138 g/mol. The Bertz CT molecular complexity index is 161. The van der Waals surface area contributed by atoms with Crippen LogP contribution in [0.5, 0.6) is 0 Å². The van der Waals surface area contributed by atoms with Crippen molar-refractivity contribution >= 4 is 0 Å². The number of hydrogen-bond acceptors (Lipinski definition) is 1. The van der Waals surface area contributed by atoms with Crippen molar-refractivity contribution in [3.05, 3.63) is 0 Å². The molecule has 1 saturated carbocycles. The molecule has 2 heteroatoms. The van der Waals surface area contributed by atoms with Gasteiger partial charge in [0.15, 0.2) is 0 Å². The molecule has 2 fully saturated rings. The number of likely N-dealkylation sites (N-methyl/N-ethyl adjacent to an activating group) is 1. The van der Waals surface area contributed by atoms with E-state index in [-0.39, 0.29) is 0 Å². The topological polar surface area (TPSA) is 12.5 Å². The fraction of sp³-hybridized carbons (Fsp3) is 1.00. The maximum absolute atomic E-state index is 5.60. The highest BCUT2D eigenvalue weighted by Gasteiger charge is 2.52. The van der Waals surface area contributed by atoms with Crippen LogP contribution in [0.15, 0.2) is 0 Å². The van der Waals surface area contributed by atoms with Gasteiger partial charge in [0.2, 0.25) is 0 Å². The maximum Gasteiger partial charge on any atom is 0.136 e. The number of quaternary nitrogens is 1. The number of rotatable bonds is 1. The minimum absolute atomic E-state index is 0.601. The molecule has 0 aromatic heterocycles. The highest BCUT2D eigenvalue weighted by Crippen LogP contribution is 2.39. The Morgan fingerprint density at radius 1 is 1.18 bits per heavy atom. The molecule has 0 aromatic carbocycles. The van der Waals surface area contributed by atoms with E-state index in [1.807, 2.05) is 0 Å². The third kappa shape index (κ3) is 1.30. The normalized spacial score (nSPS) is 43.4. The van der Waals surface area contributed by atoms with Gasteiger partial charge < -0.3 is 9.22 Å². The second kappa shape index (κ2) is 2.20. The molecule has 2 aliphatic rings. The summed E-state index contributed by atoms with van der Waals surface area (Å²) in [6.07, 6.45) is 5.25. The van der Waals surface area contributed by atoms with Crippen molar-refractivity contribution in [2.75, 3.05) is 21.1 Å². The van der Waals surface area contributed by atoms with Crippen LogP contribution in [-0.4, -0.2) is 43.9 Å². The van der Waals surface area contributed by atoms with Gasteiger partial charge in [-0.15, -0.1) is 0 Å². The lowest BCUT2D eigenvalue weighted by molar-refractivity contribution is -0.897. The first-order valence-electron chi connectivity index (χ1n) is 4.55. The number of ether oxygens (including phenoxy) is 1. The molecule has 1 aliphatic carbocycles. The Morgan fingerprint density at radius 3 is 2.45 bits per heavy atom. The summed E-state index contributed by atoms with van der Waals surface area (Å²) >= 11 is 0. The zero-order valence-electron chi connectivity index (χ0n) is 7.71. The Hall–Kier alpha value is -0.0800. The van der Waals surface area contributed by atoms with Crippen LogP contribution in [-0.2, 0) is 4.74 Å². The average molecular weight is 156 g/mol. The zero-order chi connectivity index (χ0) is 8.06. The minimum Gasteiger partial charge on any atom is -0.363 e. The van der Waals surface area contributed by atoms with Crippen LogP contribution in [0.25, 0.3) is 0 Å². The van der Waals surface area contributed by atoms with Crippen LogP contribution in [0.3, 0.4) is 0 Å². The monoisotopic (exact) mass is 156 g/mol. The summed E-state index contributed by atoms with van der Waals surface area (Å²) in [6.45, 7) is 0. The van der Waals surface area contributed by atoms with E-state index in [1.54, 1.807) is 0 Å². The first-order valence-corrected chi connectivity index (χ1v) is 4.55. The standard InChI is InChI=1S/C9H18NO/c1-10(2,3)7-5-4-6-8-9(7)11-8/h7-9H,4-6H2,1-3H3/q+1/t7-,8-,9+/m1/s1. The van der Waals surface area contributed by atoms with Crippen molar-refractivity contribution in [3.63, 3.8) is 0 Å². The fourth-order valence-electron chi connectivity index (χ4n) is 2.25. The maximum atomic E-state index is 5.60. The molecule has 0 N–H and O–H groups in total. The largest absolute Gasteiger partial charge is 0.363 e. The van der Waals surface area contributed by atoms with E-state index in [0.29, 0.717) is 12.2 Å². The van der Waals surface area contributed by atoms with Crippen LogP contribution >= 0.6 is 0 Å². The number of fused-ring (bicyclic) bond motifs is 1. The molecule has 0 spiro atoms. The molecule has 0 amide bonds.